The fourth-order valence-electron chi connectivity index (χ4n) is 2.22. The Morgan fingerprint density at radius 3 is 2.50 bits per heavy atom. The summed E-state index contributed by atoms with van der Waals surface area (Å²) in [4.78, 5) is 34.3. The van der Waals surface area contributed by atoms with Crippen LogP contribution >= 0.6 is 0 Å². The summed E-state index contributed by atoms with van der Waals surface area (Å²) in [5, 5.41) is 13.3. The molecule has 0 aromatic heterocycles. The van der Waals surface area contributed by atoms with E-state index in [0.717, 1.165) is 6.26 Å². The van der Waals surface area contributed by atoms with Crippen LogP contribution < -0.4 is 10.0 Å². The van der Waals surface area contributed by atoms with Gasteiger partial charge < -0.3 is 10.1 Å². The molecule has 2 N–H and O–H groups in total. The molecule has 0 saturated heterocycles. The predicted octanol–water partition coefficient (Wildman–Crippen LogP) is 2.07. The smallest absolute Gasteiger partial charge is 0.338 e. The first-order chi connectivity index (χ1) is 13.0. The van der Waals surface area contributed by atoms with Crippen molar-refractivity contribution in [3.63, 3.8) is 0 Å². The molecule has 1 amide bonds. The zero-order valence-electron chi connectivity index (χ0n) is 15.0. The highest BCUT2D eigenvalue weighted by Gasteiger charge is 2.14. The number of nitrogens with one attached hydrogen (secondary N) is 2. The van der Waals surface area contributed by atoms with Gasteiger partial charge in [-0.1, -0.05) is 12.1 Å². The van der Waals surface area contributed by atoms with Crippen molar-refractivity contribution >= 4 is 39.0 Å². The van der Waals surface area contributed by atoms with Crippen molar-refractivity contribution in [2.24, 2.45) is 0 Å². The van der Waals surface area contributed by atoms with Gasteiger partial charge in [0.1, 0.15) is 0 Å². The van der Waals surface area contributed by atoms with E-state index < -0.39 is 33.4 Å². The summed E-state index contributed by atoms with van der Waals surface area (Å²) >= 11 is 0. The number of nitro benzene ring substituents is 1. The van der Waals surface area contributed by atoms with Gasteiger partial charge in [-0.15, -0.1) is 0 Å². The maximum Gasteiger partial charge on any atom is 0.338 e. The quantitative estimate of drug-likeness (QED) is 0.406. The number of carbonyl (C=O) groups is 2. The fraction of sp³-hybridized carbons (Fsp3) is 0.176. The Kier molecular flexibility index (Phi) is 6.31. The average Bonchev–Trinajstić information content (AvgIpc) is 2.60. The van der Waals surface area contributed by atoms with Gasteiger partial charge in [0.25, 0.3) is 11.6 Å². The van der Waals surface area contributed by atoms with Gasteiger partial charge in [0.2, 0.25) is 10.0 Å². The summed E-state index contributed by atoms with van der Waals surface area (Å²) in [5.74, 6) is -1.51. The topological polar surface area (TPSA) is 145 Å². The molecule has 2 rings (SSSR count). The Morgan fingerprint density at radius 1 is 1.14 bits per heavy atom. The molecule has 0 aliphatic rings. The summed E-state index contributed by atoms with van der Waals surface area (Å²) in [6, 6.07) is 9.75. The second-order valence-corrected chi connectivity index (χ2v) is 7.59. The Balaban J connectivity index is 1.98. The molecule has 0 atom stereocenters. The number of rotatable bonds is 7. The molecule has 0 radical (unpaired) electrons. The number of amides is 1. The molecule has 10 nitrogen and oxygen atoms in total. The maximum absolute atomic E-state index is 12.0. The van der Waals surface area contributed by atoms with Crippen LogP contribution in [0.5, 0.6) is 0 Å². The van der Waals surface area contributed by atoms with Crippen molar-refractivity contribution in [3.05, 3.63) is 63.7 Å². The number of nitro groups is 1. The van der Waals surface area contributed by atoms with Crippen LogP contribution in [0, 0.1) is 17.0 Å². The standard InChI is InChI=1S/C17H17N3O7S/c1-11-6-7-13(9-15(11)20(23)24)18-16(21)10-27-17(22)12-4-3-5-14(8-12)19-28(2,25)26/h3-9,19H,10H2,1-2H3,(H,18,21). The molecule has 0 heterocycles. The van der Waals surface area contributed by atoms with Gasteiger partial charge in [0.15, 0.2) is 6.61 Å². The van der Waals surface area contributed by atoms with Crippen LogP contribution in [0.2, 0.25) is 0 Å². The minimum absolute atomic E-state index is 0.0485. The predicted molar refractivity (Wildman–Crippen MR) is 102 cm³/mol. The van der Waals surface area contributed by atoms with E-state index in [4.69, 9.17) is 4.74 Å². The van der Waals surface area contributed by atoms with E-state index in [1.165, 1.54) is 42.5 Å². The number of nitrogens with zero attached hydrogens (tertiary/aromatic N) is 1. The normalized spacial score (nSPS) is 10.8. The molecule has 2 aromatic rings. The summed E-state index contributed by atoms with van der Waals surface area (Å²) in [5.41, 5.74) is 0.709. The second kappa shape index (κ2) is 8.48. The minimum Gasteiger partial charge on any atom is -0.452 e. The molecule has 0 fully saturated rings. The summed E-state index contributed by atoms with van der Waals surface area (Å²) < 4.78 is 29.6. The lowest BCUT2D eigenvalue weighted by molar-refractivity contribution is -0.385. The molecule has 0 saturated carbocycles. The van der Waals surface area contributed by atoms with Crippen molar-refractivity contribution in [1.82, 2.24) is 0 Å². The van der Waals surface area contributed by atoms with Crippen LogP contribution in [0.15, 0.2) is 42.5 Å². The highest BCUT2D eigenvalue weighted by molar-refractivity contribution is 7.92. The van der Waals surface area contributed by atoms with Gasteiger partial charge in [0, 0.05) is 23.0 Å². The zero-order valence-corrected chi connectivity index (χ0v) is 15.8. The third kappa shape index (κ3) is 6.06. The van der Waals surface area contributed by atoms with Crippen molar-refractivity contribution in [2.75, 3.05) is 22.9 Å². The van der Waals surface area contributed by atoms with Crippen molar-refractivity contribution in [1.29, 1.82) is 0 Å². The van der Waals surface area contributed by atoms with E-state index in [1.54, 1.807) is 6.92 Å². The zero-order chi connectivity index (χ0) is 20.9. The third-order valence-electron chi connectivity index (χ3n) is 3.43. The maximum atomic E-state index is 12.0. The highest BCUT2D eigenvalue weighted by Crippen LogP contribution is 2.22. The van der Waals surface area contributed by atoms with E-state index in [2.05, 4.69) is 10.0 Å². The molecule has 11 heteroatoms. The van der Waals surface area contributed by atoms with Crippen LogP contribution in [-0.4, -0.2) is 38.1 Å². The minimum atomic E-state index is -3.51. The molecular formula is C17H17N3O7S. The van der Waals surface area contributed by atoms with E-state index in [1.807, 2.05) is 0 Å². The van der Waals surface area contributed by atoms with Gasteiger partial charge >= 0.3 is 5.97 Å². The van der Waals surface area contributed by atoms with Crippen LogP contribution in [0.25, 0.3) is 0 Å². The van der Waals surface area contributed by atoms with Gasteiger partial charge in [-0.2, -0.15) is 0 Å². The van der Waals surface area contributed by atoms with E-state index in [-0.39, 0.29) is 22.6 Å². The number of aryl methyl sites for hydroxylation is 1. The molecule has 0 aliphatic carbocycles. The Hall–Kier alpha value is -3.47. The first-order valence-corrected chi connectivity index (χ1v) is 9.74. The first-order valence-electron chi connectivity index (χ1n) is 7.85. The number of ether oxygens (including phenoxy) is 1. The largest absolute Gasteiger partial charge is 0.452 e. The molecule has 148 valence electrons. The number of benzene rings is 2. The van der Waals surface area contributed by atoms with Gasteiger partial charge in [-0.3, -0.25) is 19.6 Å². The number of hydrogen-bond acceptors (Lipinski definition) is 7. The Labute approximate surface area is 160 Å². The van der Waals surface area contributed by atoms with E-state index >= 15 is 0 Å². The van der Waals surface area contributed by atoms with E-state index in [9.17, 15) is 28.1 Å². The van der Waals surface area contributed by atoms with Crippen molar-refractivity contribution in [3.8, 4) is 0 Å². The molecule has 0 aliphatic heterocycles. The summed E-state index contributed by atoms with van der Waals surface area (Å²) in [6.07, 6.45) is 0.970. The molecule has 0 spiro atoms. The molecule has 0 unspecified atom stereocenters. The first kappa shape index (κ1) is 20.8. The van der Waals surface area contributed by atoms with Gasteiger partial charge in [-0.05, 0) is 31.2 Å². The van der Waals surface area contributed by atoms with Crippen molar-refractivity contribution < 1.29 is 27.7 Å². The monoisotopic (exact) mass is 407 g/mol. The summed E-state index contributed by atoms with van der Waals surface area (Å²) in [6.45, 7) is 0.947. The molecule has 0 bridgehead atoms. The highest BCUT2D eigenvalue weighted by atomic mass is 32.2. The SMILES string of the molecule is Cc1ccc(NC(=O)COC(=O)c2cccc(NS(C)(=O)=O)c2)cc1[N+](=O)[O-]. The fourth-order valence-corrected chi connectivity index (χ4v) is 2.77. The lowest BCUT2D eigenvalue weighted by atomic mass is 10.2. The average molecular weight is 407 g/mol. The summed E-state index contributed by atoms with van der Waals surface area (Å²) in [7, 11) is -3.51. The van der Waals surface area contributed by atoms with Crippen LogP contribution in [0.3, 0.4) is 0 Å². The number of sulfonamides is 1. The molecule has 28 heavy (non-hydrogen) atoms. The van der Waals surface area contributed by atoms with E-state index in [0.29, 0.717) is 5.56 Å². The van der Waals surface area contributed by atoms with Crippen LogP contribution in [-0.2, 0) is 19.6 Å². The molecular weight excluding hydrogens is 390 g/mol. The Morgan fingerprint density at radius 2 is 1.86 bits per heavy atom. The number of esters is 1. The Bertz CT molecular complexity index is 1030. The van der Waals surface area contributed by atoms with Crippen LogP contribution in [0.4, 0.5) is 17.1 Å². The van der Waals surface area contributed by atoms with Crippen LogP contribution in [0.1, 0.15) is 15.9 Å². The third-order valence-corrected chi connectivity index (χ3v) is 4.03. The lowest BCUT2D eigenvalue weighted by Crippen LogP contribution is -2.21. The number of anilines is 2. The number of hydrogen-bond donors (Lipinski definition) is 2. The number of carbonyl (C=O) groups excluding carboxylic acids is 2. The van der Waals surface area contributed by atoms with Crippen molar-refractivity contribution in [2.45, 2.75) is 6.92 Å². The second-order valence-electron chi connectivity index (χ2n) is 5.84. The lowest BCUT2D eigenvalue weighted by Gasteiger charge is -2.08. The van der Waals surface area contributed by atoms with Gasteiger partial charge in [-0.25, -0.2) is 13.2 Å². The van der Waals surface area contributed by atoms with Gasteiger partial charge in [0.05, 0.1) is 16.7 Å². The molecule has 2 aromatic carbocycles.